The largest absolute Gasteiger partial charge is 0.481 e. The van der Waals surface area contributed by atoms with E-state index < -0.39 is 29.6 Å². The molecule has 2 fully saturated rings. The van der Waals surface area contributed by atoms with Crippen molar-refractivity contribution in [1.29, 1.82) is 0 Å². The van der Waals surface area contributed by atoms with Gasteiger partial charge in [0.2, 0.25) is 0 Å². The number of hydrogen-bond acceptors (Lipinski definition) is 3. The van der Waals surface area contributed by atoms with Gasteiger partial charge >= 0.3 is 11.9 Å². The molecule has 4 nitrogen and oxygen atoms in total. The van der Waals surface area contributed by atoms with Crippen molar-refractivity contribution in [2.75, 3.05) is 0 Å². The number of carbonyl (C=O) groups excluding carboxylic acids is 1. The molecule has 31 heavy (non-hydrogen) atoms. The summed E-state index contributed by atoms with van der Waals surface area (Å²) in [6.07, 6.45) is 3.91. The van der Waals surface area contributed by atoms with E-state index in [0.717, 1.165) is 25.7 Å². The Labute approximate surface area is 192 Å². The maximum absolute atomic E-state index is 13.5. The van der Waals surface area contributed by atoms with E-state index in [4.69, 9.17) is 27.9 Å². The van der Waals surface area contributed by atoms with Gasteiger partial charge in [0.15, 0.2) is 0 Å². The third-order valence-corrected chi connectivity index (χ3v) is 7.62. The van der Waals surface area contributed by atoms with Crippen molar-refractivity contribution >= 4 is 35.1 Å². The first-order chi connectivity index (χ1) is 14.9. The molecule has 1 unspecified atom stereocenters. The second-order valence-corrected chi connectivity index (χ2v) is 9.54. The molecule has 2 aromatic carbocycles. The van der Waals surface area contributed by atoms with E-state index in [2.05, 4.69) is 6.92 Å². The maximum atomic E-state index is 13.5. The molecule has 2 aliphatic rings. The van der Waals surface area contributed by atoms with E-state index in [1.54, 1.807) is 36.4 Å². The second-order valence-electron chi connectivity index (χ2n) is 8.72. The van der Waals surface area contributed by atoms with Crippen LogP contribution >= 0.6 is 23.2 Å². The Kier molecular flexibility index (Phi) is 6.59. The zero-order valence-corrected chi connectivity index (χ0v) is 18.9. The van der Waals surface area contributed by atoms with Crippen LogP contribution in [0, 0.1) is 17.8 Å². The maximum Gasteiger partial charge on any atom is 0.310 e. The highest BCUT2D eigenvalue weighted by molar-refractivity contribution is 6.32. The minimum absolute atomic E-state index is 0.135. The first kappa shape index (κ1) is 22.2. The van der Waals surface area contributed by atoms with Crippen molar-refractivity contribution in [2.24, 2.45) is 17.8 Å². The molecule has 0 amide bonds. The number of carboxylic acid groups (broad SMARTS) is 1. The Balaban J connectivity index is 1.73. The van der Waals surface area contributed by atoms with Crippen LogP contribution in [0.15, 0.2) is 48.5 Å². The molecule has 4 rings (SSSR count). The van der Waals surface area contributed by atoms with Crippen LogP contribution in [0.2, 0.25) is 10.0 Å². The van der Waals surface area contributed by atoms with Crippen LogP contribution < -0.4 is 0 Å². The van der Waals surface area contributed by atoms with Gasteiger partial charge in [-0.25, -0.2) is 0 Å². The molecule has 0 spiro atoms. The summed E-state index contributed by atoms with van der Waals surface area (Å²) in [5.41, 5.74) is 1.33. The van der Waals surface area contributed by atoms with E-state index in [0.29, 0.717) is 27.1 Å². The molecule has 2 aliphatic carbocycles. The lowest BCUT2D eigenvalue weighted by atomic mass is 9.52. The minimum atomic E-state index is -0.968. The highest BCUT2D eigenvalue weighted by Gasteiger charge is 2.60. The number of esters is 1. The first-order valence-corrected chi connectivity index (χ1v) is 11.6. The summed E-state index contributed by atoms with van der Waals surface area (Å²) in [4.78, 5) is 25.8. The van der Waals surface area contributed by atoms with Gasteiger partial charge in [-0.1, -0.05) is 72.9 Å². The zero-order valence-electron chi connectivity index (χ0n) is 17.3. The van der Waals surface area contributed by atoms with Crippen molar-refractivity contribution < 1.29 is 19.4 Å². The first-order valence-electron chi connectivity index (χ1n) is 10.8. The standard InChI is InChI=1S/C25H26Cl2O4/c1-14-8-2-7-13-19(14)31-25(30)23-20(15-9-3-5-11-17(15)26)22(24(28)29)21(23)16-10-4-6-12-18(16)27/h3-6,9-12,14,19-23H,2,7-8,13H2,1H3,(H,28,29)/t14?,19-,20+,21+,22-,23-/m1/s1. The van der Waals surface area contributed by atoms with Crippen molar-refractivity contribution in [3.8, 4) is 0 Å². The fraction of sp³-hybridized carbons (Fsp3) is 0.440. The normalized spacial score (nSPS) is 30.3. The Hall–Kier alpha value is -2.04. The van der Waals surface area contributed by atoms with Crippen molar-refractivity contribution in [3.63, 3.8) is 0 Å². The third-order valence-electron chi connectivity index (χ3n) is 6.93. The van der Waals surface area contributed by atoms with Gasteiger partial charge in [-0.2, -0.15) is 0 Å². The smallest absolute Gasteiger partial charge is 0.310 e. The summed E-state index contributed by atoms with van der Waals surface area (Å²) in [5.74, 6) is -3.64. The van der Waals surface area contributed by atoms with Crippen LogP contribution in [0.4, 0.5) is 0 Å². The van der Waals surface area contributed by atoms with Gasteiger partial charge in [-0.15, -0.1) is 0 Å². The van der Waals surface area contributed by atoms with E-state index in [1.807, 2.05) is 12.1 Å². The molecule has 0 aliphatic heterocycles. The SMILES string of the molecule is CC1CCCC[C@H]1OC(=O)[C@H]1[C@@H](c2ccccc2Cl)[C@H](C(=O)O)[C@@H]1c1ccccc1Cl. The average Bonchev–Trinajstić information content (AvgIpc) is 2.71. The van der Waals surface area contributed by atoms with Crippen LogP contribution in [0.5, 0.6) is 0 Å². The minimum Gasteiger partial charge on any atom is -0.481 e. The summed E-state index contributed by atoms with van der Waals surface area (Å²) in [7, 11) is 0. The van der Waals surface area contributed by atoms with Crippen LogP contribution in [0.3, 0.4) is 0 Å². The molecular weight excluding hydrogens is 435 g/mol. The number of carboxylic acids is 1. The van der Waals surface area contributed by atoms with Gasteiger partial charge in [0.1, 0.15) is 6.10 Å². The summed E-state index contributed by atoms with van der Waals surface area (Å²) >= 11 is 12.9. The van der Waals surface area contributed by atoms with Crippen LogP contribution in [0.1, 0.15) is 55.6 Å². The van der Waals surface area contributed by atoms with Gasteiger partial charge in [-0.3, -0.25) is 9.59 Å². The molecule has 164 valence electrons. The van der Waals surface area contributed by atoms with Crippen molar-refractivity contribution in [1.82, 2.24) is 0 Å². The predicted octanol–water partition coefficient (Wildman–Crippen LogP) is 6.31. The Bertz CT molecular complexity index is 922. The number of hydrogen-bond donors (Lipinski definition) is 1. The highest BCUT2D eigenvalue weighted by atomic mass is 35.5. The van der Waals surface area contributed by atoms with Crippen molar-refractivity contribution in [3.05, 3.63) is 69.7 Å². The third kappa shape index (κ3) is 4.20. The van der Waals surface area contributed by atoms with Gasteiger partial charge in [0.25, 0.3) is 0 Å². The fourth-order valence-corrected chi connectivity index (χ4v) is 5.82. The molecule has 2 saturated carbocycles. The number of ether oxygens (including phenoxy) is 1. The van der Waals surface area contributed by atoms with Crippen LogP contribution in [-0.2, 0) is 14.3 Å². The molecular formula is C25H26Cl2O4. The summed E-state index contributed by atoms with van der Waals surface area (Å²) in [6, 6.07) is 14.3. The van der Waals surface area contributed by atoms with Crippen molar-refractivity contribution in [2.45, 2.75) is 50.5 Å². The topological polar surface area (TPSA) is 63.6 Å². The molecule has 0 heterocycles. The Morgan fingerprint density at radius 2 is 1.39 bits per heavy atom. The van der Waals surface area contributed by atoms with Gasteiger partial charge in [0.05, 0.1) is 11.8 Å². The molecule has 2 aromatic rings. The monoisotopic (exact) mass is 460 g/mol. The number of benzene rings is 2. The lowest BCUT2D eigenvalue weighted by molar-refractivity contribution is -0.171. The molecule has 0 aromatic heterocycles. The lowest BCUT2D eigenvalue weighted by Gasteiger charge is -2.50. The van der Waals surface area contributed by atoms with Crippen LogP contribution in [0.25, 0.3) is 0 Å². The number of carbonyl (C=O) groups is 2. The average molecular weight is 461 g/mol. The van der Waals surface area contributed by atoms with Crippen LogP contribution in [-0.4, -0.2) is 23.1 Å². The van der Waals surface area contributed by atoms with E-state index in [9.17, 15) is 14.7 Å². The number of aliphatic carboxylic acids is 1. The quantitative estimate of drug-likeness (QED) is 0.530. The number of rotatable bonds is 5. The Morgan fingerprint density at radius 3 is 1.87 bits per heavy atom. The molecule has 6 heteroatoms. The summed E-state index contributed by atoms with van der Waals surface area (Å²) < 4.78 is 6.00. The highest BCUT2D eigenvalue weighted by Crippen LogP contribution is 2.60. The van der Waals surface area contributed by atoms with Gasteiger partial charge in [0, 0.05) is 21.9 Å². The lowest BCUT2D eigenvalue weighted by Crippen LogP contribution is -2.52. The summed E-state index contributed by atoms with van der Waals surface area (Å²) in [5, 5.41) is 11.0. The van der Waals surface area contributed by atoms with E-state index in [1.165, 1.54) is 0 Å². The second kappa shape index (κ2) is 9.22. The molecule has 0 saturated heterocycles. The van der Waals surface area contributed by atoms with E-state index >= 15 is 0 Å². The fourth-order valence-electron chi connectivity index (χ4n) is 5.30. The Morgan fingerprint density at radius 1 is 0.871 bits per heavy atom. The predicted molar refractivity (Wildman–Crippen MR) is 121 cm³/mol. The molecule has 4 atom stereocenters. The number of halogens is 2. The van der Waals surface area contributed by atoms with Gasteiger partial charge in [-0.05, 0) is 48.4 Å². The zero-order chi connectivity index (χ0) is 22.1. The molecule has 0 radical (unpaired) electrons. The van der Waals surface area contributed by atoms with E-state index in [-0.39, 0.29) is 12.1 Å². The summed E-state index contributed by atoms with van der Waals surface area (Å²) in [6.45, 7) is 2.11. The molecule has 1 N–H and O–H groups in total. The van der Waals surface area contributed by atoms with Gasteiger partial charge < -0.3 is 9.84 Å². The molecule has 0 bridgehead atoms.